The van der Waals surface area contributed by atoms with Gasteiger partial charge in [0.25, 0.3) is 5.56 Å². The van der Waals surface area contributed by atoms with Gasteiger partial charge in [-0.1, -0.05) is 53.7 Å². The lowest BCUT2D eigenvalue weighted by Crippen LogP contribution is -2.23. The summed E-state index contributed by atoms with van der Waals surface area (Å²) < 4.78 is 7.26. The minimum Gasteiger partial charge on any atom is -0.338 e. The van der Waals surface area contributed by atoms with Gasteiger partial charge in [-0.25, -0.2) is 4.98 Å². The first kappa shape index (κ1) is 19.5. The molecule has 3 aromatic heterocycles. The molecule has 0 radical (unpaired) electrons. The first-order valence-corrected chi connectivity index (χ1v) is 12.0. The van der Waals surface area contributed by atoms with Crippen LogP contribution in [0.25, 0.3) is 21.6 Å². The van der Waals surface area contributed by atoms with E-state index in [1.165, 1.54) is 27.8 Å². The zero-order chi connectivity index (χ0) is 20.7. The van der Waals surface area contributed by atoms with Crippen molar-refractivity contribution in [1.82, 2.24) is 19.7 Å². The van der Waals surface area contributed by atoms with Crippen LogP contribution in [0.5, 0.6) is 0 Å². The molecule has 6 nitrogen and oxygen atoms in total. The van der Waals surface area contributed by atoms with Crippen LogP contribution >= 0.6 is 23.1 Å². The second-order valence-corrected chi connectivity index (χ2v) is 9.58. The van der Waals surface area contributed by atoms with Gasteiger partial charge in [0.1, 0.15) is 4.83 Å². The van der Waals surface area contributed by atoms with Crippen molar-refractivity contribution in [2.45, 2.75) is 57.0 Å². The zero-order valence-corrected chi connectivity index (χ0v) is 18.6. The molecule has 0 amide bonds. The van der Waals surface area contributed by atoms with Gasteiger partial charge in [0, 0.05) is 17.0 Å². The quantitative estimate of drug-likeness (QED) is 0.311. The fourth-order valence-corrected chi connectivity index (χ4v) is 6.01. The minimum atomic E-state index is 0.0922. The molecule has 3 heterocycles. The van der Waals surface area contributed by atoms with E-state index in [0.29, 0.717) is 24.0 Å². The number of nitrogens with zero attached hydrogens (tertiary/aromatic N) is 4. The lowest BCUT2D eigenvalue weighted by molar-refractivity contribution is 0.391. The topological polar surface area (TPSA) is 73.8 Å². The molecule has 1 aromatic carbocycles. The van der Waals surface area contributed by atoms with Crippen LogP contribution in [0.15, 0.2) is 38.7 Å². The number of thiophene rings is 1. The predicted octanol–water partition coefficient (Wildman–Crippen LogP) is 5.01. The number of fused-ring (bicyclic) bond motifs is 3. The molecule has 0 unspecified atom stereocenters. The van der Waals surface area contributed by atoms with E-state index < -0.39 is 0 Å². The Hall–Kier alpha value is -2.45. The van der Waals surface area contributed by atoms with Crippen LogP contribution in [0.1, 0.15) is 41.7 Å². The van der Waals surface area contributed by atoms with Crippen molar-refractivity contribution in [1.29, 1.82) is 0 Å². The van der Waals surface area contributed by atoms with E-state index in [4.69, 9.17) is 9.51 Å². The number of aryl methyl sites for hydroxylation is 3. The molecule has 0 spiro atoms. The van der Waals surface area contributed by atoms with Crippen LogP contribution < -0.4 is 5.56 Å². The Morgan fingerprint density at radius 2 is 2.03 bits per heavy atom. The van der Waals surface area contributed by atoms with Crippen molar-refractivity contribution >= 4 is 33.3 Å². The van der Waals surface area contributed by atoms with Crippen LogP contribution in [0.4, 0.5) is 0 Å². The Bertz CT molecular complexity index is 1270. The highest BCUT2D eigenvalue weighted by Crippen LogP contribution is 2.36. The Morgan fingerprint density at radius 1 is 1.20 bits per heavy atom. The number of rotatable bonds is 6. The van der Waals surface area contributed by atoms with E-state index in [-0.39, 0.29) is 5.56 Å². The van der Waals surface area contributed by atoms with Crippen molar-refractivity contribution in [2.75, 3.05) is 0 Å². The summed E-state index contributed by atoms with van der Waals surface area (Å²) in [5, 5.41) is 5.67. The lowest BCUT2D eigenvalue weighted by atomic mass is 10.1. The standard InChI is InChI=1S/C22H22N4O2S2/c1-3-11-26-21(27)18-15-5-4-6-16(15)30-20(18)24-22(26)29-12-17-23-19(25-28-17)14-9-7-13(2)8-10-14/h7-10H,3-6,11-12H2,1-2H3. The minimum absolute atomic E-state index is 0.0922. The molecule has 0 atom stereocenters. The van der Waals surface area contributed by atoms with E-state index in [1.54, 1.807) is 11.3 Å². The molecular weight excluding hydrogens is 416 g/mol. The van der Waals surface area contributed by atoms with Gasteiger partial charge in [-0.3, -0.25) is 9.36 Å². The van der Waals surface area contributed by atoms with Gasteiger partial charge >= 0.3 is 0 Å². The van der Waals surface area contributed by atoms with Crippen LogP contribution in [-0.4, -0.2) is 19.7 Å². The highest BCUT2D eigenvalue weighted by molar-refractivity contribution is 7.98. The van der Waals surface area contributed by atoms with Crippen LogP contribution in [0, 0.1) is 6.92 Å². The Kier molecular flexibility index (Phi) is 5.20. The summed E-state index contributed by atoms with van der Waals surface area (Å²) >= 11 is 3.16. The number of benzene rings is 1. The maximum Gasteiger partial charge on any atom is 0.263 e. The predicted molar refractivity (Wildman–Crippen MR) is 120 cm³/mol. The molecule has 1 aliphatic carbocycles. The summed E-state index contributed by atoms with van der Waals surface area (Å²) in [7, 11) is 0. The van der Waals surface area contributed by atoms with Crippen molar-refractivity contribution in [2.24, 2.45) is 0 Å². The summed E-state index contributed by atoms with van der Waals surface area (Å²) in [6.07, 6.45) is 4.08. The van der Waals surface area contributed by atoms with Crippen molar-refractivity contribution in [3.05, 3.63) is 56.5 Å². The van der Waals surface area contributed by atoms with Crippen molar-refractivity contribution in [3.63, 3.8) is 0 Å². The van der Waals surface area contributed by atoms with Gasteiger partial charge < -0.3 is 4.52 Å². The summed E-state index contributed by atoms with van der Waals surface area (Å²) in [5.41, 5.74) is 3.44. The highest BCUT2D eigenvalue weighted by atomic mass is 32.2. The van der Waals surface area contributed by atoms with Gasteiger partial charge in [-0.15, -0.1) is 11.3 Å². The molecule has 0 aliphatic heterocycles. The molecule has 154 valence electrons. The molecule has 30 heavy (non-hydrogen) atoms. The van der Waals surface area contributed by atoms with Crippen LogP contribution in [-0.2, 0) is 25.1 Å². The molecule has 0 fully saturated rings. The van der Waals surface area contributed by atoms with Crippen molar-refractivity contribution in [3.8, 4) is 11.4 Å². The average molecular weight is 439 g/mol. The van der Waals surface area contributed by atoms with Gasteiger partial charge in [0.05, 0.1) is 11.1 Å². The highest BCUT2D eigenvalue weighted by Gasteiger charge is 2.23. The van der Waals surface area contributed by atoms with Gasteiger partial charge in [0.15, 0.2) is 5.16 Å². The molecule has 0 saturated heterocycles. The third-order valence-corrected chi connectivity index (χ3v) is 7.49. The average Bonchev–Trinajstić information content (AvgIpc) is 3.45. The lowest BCUT2D eigenvalue weighted by Gasteiger charge is -2.10. The third-order valence-electron chi connectivity index (χ3n) is 5.34. The normalized spacial score (nSPS) is 13.3. The maximum atomic E-state index is 13.3. The summed E-state index contributed by atoms with van der Waals surface area (Å²) in [5.74, 6) is 1.59. The van der Waals surface area contributed by atoms with Crippen LogP contribution in [0.3, 0.4) is 0 Å². The molecule has 4 aromatic rings. The van der Waals surface area contributed by atoms with E-state index in [0.717, 1.165) is 46.6 Å². The first-order valence-electron chi connectivity index (χ1n) is 10.2. The Labute approximate surface area is 182 Å². The molecule has 1 aliphatic rings. The van der Waals surface area contributed by atoms with E-state index >= 15 is 0 Å². The second-order valence-electron chi connectivity index (χ2n) is 7.56. The number of aromatic nitrogens is 4. The number of hydrogen-bond donors (Lipinski definition) is 0. The van der Waals surface area contributed by atoms with E-state index in [1.807, 2.05) is 35.8 Å². The molecule has 0 saturated carbocycles. The monoisotopic (exact) mass is 438 g/mol. The first-order chi connectivity index (χ1) is 14.6. The Morgan fingerprint density at radius 3 is 2.83 bits per heavy atom. The molecule has 8 heteroatoms. The number of thioether (sulfide) groups is 1. The second kappa shape index (κ2) is 8.00. The van der Waals surface area contributed by atoms with Crippen LogP contribution in [0.2, 0.25) is 0 Å². The summed E-state index contributed by atoms with van der Waals surface area (Å²) in [4.78, 5) is 24.8. The van der Waals surface area contributed by atoms with Gasteiger partial charge in [-0.05, 0) is 38.2 Å². The molecule has 0 bridgehead atoms. The fraction of sp³-hybridized carbons (Fsp3) is 0.364. The smallest absolute Gasteiger partial charge is 0.263 e. The zero-order valence-electron chi connectivity index (χ0n) is 17.0. The Balaban J connectivity index is 1.43. The third kappa shape index (κ3) is 3.48. The largest absolute Gasteiger partial charge is 0.338 e. The number of hydrogen-bond acceptors (Lipinski definition) is 7. The SMILES string of the molecule is CCCn1c(SCc2nc(-c3ccc(C)cc3)no2)nc2sc3c(c2c1=O)CCC3. The van der Waals surface area contributed by atoms with Gasteiger partial charge in [0.2, 0.25) is 11.7 Å². The van der Waals surface area contributed by atoms with E-state index in [2.05, 4.69) is 17.1 Å². The van der Waals surface area contributed by atoms with Crippen molar-refractivity contribution < 1.29 is 4.52 Å². The molecule has 0 N–H and O–H groups in total. The molecular formula is C22H22N4O2S2. The maximum absolute atomic E-state index is 13.3. The van der Waals surface area contributed by atoms with Gasteiger partial charge in [-0.2, -0.15) is 4.98 Å². The fourth-order valence-electron chi connectivity index (χ4n) is 3.85. The summed E-state index contributed by atoms with van der Waals surface area (Å²) in [6, 6.07) is 8.03. The molecule has 5 rings (SSSR count). The summed E-state index contributed by atoms with van der Waals surface area (Å²) in [6.45, 7) is 4.78. The van der Waals surface area contributed by atoms with E-state index in [9.17, 15) is 4.79 Å².